The van der Waals surface area contributed by atoms with Crippen LogP contribution in [0.25, 0.3) is 0 Å². The molecule has 0 radical (unpaired) electrons. The van der Waals surface area contributed by atoms with Crippen LogP contribution in [0.15, 0.2) is 24.5 Å². The fourth-order valence-electron chi connectivity index (χ4n) is 1.90. The van der Waals surface area contributed by atoms with Crippen molar-refractivity contribution in [3.63, 3.8) is 0 Å². The van der Waals surface area contributed by atoms with Gasteiger partial charge >= 0.3 is 0 Å². The Hall–Kier alpha value is -1.82. The van der Waals surface area contributed by atoms with Gasteiger partial charge in [-0.1, -0.05) is 0 Å². The second-order valence-corrected chi connectivity index (χ2v) is 3.95. The lowest BCUT2D eigenvalue weighted by molar-refractivity contribution is 0.500. The summed E-state index contributed by atoms with van der Waals surface area (Å²) < 4.78 is 41.8. The molecule has 0 aliphatic rings. The fourth-order valence-corrected chi connectivity index (χ4v) is 1.90. The van der Waals surface area contributed by atoms with Gasteiger partial charge < -0.3 is 5.32 Å². The van der Waals surface area contributed by atoms with Gasteiger partial charge in [0, 0.05) is 36.5 Å². The van der Waals surface area contributed by atoms with Crippen molar-refractivity contribution in [2.24, 2.45) is 7.05 Å². The first-order valence-electron chi connectivity index (χ1n) is 5.33. The molecule has 2 rings (SSSR count). The summed E-state index contributed by atoms with van der Waals surface area (Å²) in [4.78, 5) is 0. The van der Waals surface area contributed by atoms with Crippen LogP contribution in [0.4, 0.5) is 13.2 Å². The Morgan fingerprint density at radius 2 is 1.83 bits per heavy atom. The number of aryl methyl sites for hydroxylation is 1. The molecule has 0 spiro atoms. The molecule has 1 heterocycles. The number of nitrogens with zero attached hydrogens (tertiary/aromatic N) is 2. The predicted octanol–water partition coefficient (Wildman–Crippen LogP) is 2.15. The zero-order valence-corrected chi connectivity index (χ0v) is 9.92. The van der Waals surface area contributed by atoms with E-state index in [9.17, 15) is 13.2 Å². The van der Waals surface area contributed by atoms with Gasteiger partial charge in [0.1, 0.15) is 17.5 Å². The predicted molar refractivity (Wildman–Crippen MR) is 60.4 cm³/mol. The van der Waals surface area contributed by atoms with E-state index in [1.807, 2.05) is 0 Å². The smallest absolute Gasteiger partial charge is 0.134 e. The number of rotatable bonds is 3. The van der Waals surface area contributed by atoms with Gasteiger partial charge in [-0.25, -0.2) is 13.2 Å². The third-order valence-electron chi connectivity index (χ3n) is 2.68. The van der Waals surface area contributed by atoms with Crippen LogP contribution in [0, 0.1) is 17.5 Å². The van der Waals surface area contributed by atoms with Crippen molar-refractivity contribution in [2.45, 2.75) is 6.04 Å². The van der Waals surface area contributed by atoms with E-state index in [1.165, 1.54) is 10.9 Å². The summed E-state index contributed by atoms with van der Waals surface area (Å²) in [5.74, 6) is -2.78. The van der Waals surface area contributed by atoms with Crippen molar-refractivity contribution >= 4 is 0 Å². The molecule has 0 fully saturated rings. The molecular weight excluding hydrogens is 243 g/mol. The van der Waals surface area contributed by atoms with Crippen molar-refractivity contribution < 1.29 is 13.2 Å². The summed E-state index contributed by atoms with van der Waals surface area (Å²) in [6, 6.07) is 0.623. The second-order valence-electron chi connectivity index (χ2n) is 3.95. The lowest BCUT2D eigenvalue weighted by Gasteiger charge is -2.16. The number of hydrogen-bond donors (Lipinski definition) is 1. The molecule has 2 aromatic rings. The Morgan fingerprint density at radius 3 is 2.28 bits per heavy atom. The lowest BCUT2D eigenvalue weighted by Crippen LogP contribution is -2.20. The van der Waals surface area contributed by atoms with E-state index in [2.05, 4.69) is 10.4 Å². The maximum atomic E-state index is 13.7. The van der Waals surface area contributed by atoms with Crippen molar-refractivity contribution in [1.82, 2.24) is 15.1 Å². The van der Waals surface area contributed by atoms with Crippen LogP contribution in [0.2, 0.25) is 0 Å². The van der Waals surface area contributed by atoms with Crippen LogP contribution in [-0.4, -0.2) is 16.8 Å². The Bertz CT molecular complexity index is 542. The average Bonchev–Trinajstić information content (AvgIpc) is 2.69. The zero-order valence-electron chi connectivity index (χ0n) is 9.92. The minimum Gasteiger partial charge on any atom is -0.309 e. The molecular formula is C12H12F3N3. The van der Waals surface area contributed by atoms with Crippen LogP contribution < -0.4 is 5.32 Å². The fraction of sp³-hybridized carbons (Fsp3) is 0.250. The maximum absolute atomic E-state index is 13.7. The van der Waals surface area contributed by atoms with Crippen LogP contribution >= 0.6 is 0 Å². The Labute approximate surface area is 102 Å². The molecule has 18 heavy (non-hydrogen) atoms. The van der Waals surface area contributed by atoms with Gasteiger partial charge in [-0.15, -0.1) is 0 Å². The van der Waals surface area contributed by atoms with Crippen LogP contribution in [0.3, 0.4) is 0 Å². The van der Waals surface area contributed by atoms with E-state index >= 15 is 0 Å². The largest absolute Gasteiger partial charge is 0.309 e. The molecule has 3 nitrogen and oxygen atoms in total. The van der Waals surface area contributed by atoms with E-state index in [1.54, 1.807) is 20.3 Å². The van der Waals surface area contributed by atoms with Crippen molar-refractivity contribution in [2.75, 3.05) is 7.05 Å². The Kier molecular flexibility index (Phi) is 3.38. The van der Waals surface area contributed by atoms with Gasteiger partial charge in [0.15, 0.2) is 0 Å². The topological polar surface area (TPSA) is 29.9 Å². The van der Waals surface area contributed by atoms with Crippen molar-refractivity contribution in [3.8, 4) is 0 Å². The molecule has 1 aromatic heterocycles. The van der Waals surface area contributed by atoms with E-state index in [4.69, 9.17) is 0 Å². The first kappa shape index (κ1) is 12.6. The second kappa shape index (κ2) is 4.81. The molecule has 96 valence electrons. The highest BCUT2D eigenvalue weighted by Crippen LogP contribution is 2.27. The first-order chi connectivity index (χ1) is 8.52. The summed E-state index contributed by atoms with van der Waals surface area (Å²) in [7, 11) is 3.27. The quantitative estimate of drug-likeness (QED) is 0.910. The third-order valence-corrected chi connectivity index (χ3v) is 2.68. The number of halogens is 3. The number of nitrogens with one attached hydrogen (secondary N) is 1. The van der Waals surface area contributed by atoms with Crippen LogP contribution in [-0.2, 0) is 7.05 Å². The monoisotopic (exact) mass is 255 g/mol. The molecule has 1 N–H and O–H groups in total. The Morgan fingerprint density at radius 1 is 1.22 bits per heavy atom. The molecule has 0 saturated heterocycles. The molecule has 0 aliphatic heterocycles. The molecule has 0 amide bonds. The Balaban J connectivity index is 2.51. The molecule has 0 bridgehead atoms. The molecule has 1 unspecified atom stereocenters. The lowest BCUT2D eigenvalue weighted by atomic mass is 10.0. The van der Waals surface area contributed by atoms with Crippen molar-refractivity contribution in [3.05, 3.63) is 53.1 Å². The van der Waals surface area contributed by atoms with Gasteiger partial charge in [0.05, 0.1) is 12.2 Å². The molecule has 1 aromatic carbocycles. The molecule has 6 heteroatoms. The van der Waals surface area contributed by atoms with E-state index in [0.29, 0.717) is 17.7 Å². The third kappa shape index (κ3) is 2.24. The van der Waals surface area contributed by atoms with Gasteiger partial charge in [-0.05, 0) is 7.05 Å². The SMILES string of the molecule is CNC(c1cnn(C)c1)c1c(F)cc(F)cc1F. The minimum absolute atomic E-state index is 0.216. The normalized spacial score (nSPS) is 12.7. The molecule has 0 saturated carbocycles. The van der Waals surface area contributed by atoms with Gasteiger partial charge in [0.25, 0.3) is 0 Å². The minimum atomic E-state index is -0.935. The number of hydrogen-bond acceptors (Lipinski definition) is 2. The van der Waals surface area contributed by atoms with Crippen molar-refractivity contribution in [1.29, 1.82) is 0 Å². The maximum Gasteiger partial charge on any atom is 0.134 e. The van der Waals surface area contributed by atoms with Crippen LogP contribution in [0.5, 0.6) is 0 Å². The van der Waals surface area contributed by atoms with E-state index in [-0.39, 0.29) is 5.56 Å². The zero-order chi connectivity index (χ0) is 13.3. The summed E-state index contributed by atoms with van der Waals surface area (Å²) in [5.41, 5.74) is 0.385. The molecule has 1 atom stereocenters. The average molecular weight is 255 g/mol. The highest BCUT2D eigenvalue weighted by Gasteiger charge is 2.22. The number of benzene rings is 1. The summed E-state index contributed by atoms with van der Waals surface area (Å²) in [6.07, 6.45) is 3.15. The highest BCUT2D eigenvalue weighted by molar-refractivity contribution is 5.32. The standard InChI is InChI=1S/C12H12F3N3/c1-16-12(7-5-17-18(2)6-7)11-9(14)3-8(13)4-10(11)15/h3-6,12,16H,1-2H3. The van der Waals surface area contributed by atoms with Crippen LogP contribution in [0.1, 0.15) is 17.2 Å². The molecule has 0 aliphatic carbocycles. The van der Waals surface area contributed by atoms with Gasteiger partial charge in [-0.2, -0.15) is 5.10 Å². The van der Waals surface area contributed by atoms with E-state index < -0.39 is 23.5 Å². The van der Waals surface area contributed by atoms with Gasteiger partial charge in [0.2, 0.25) is 0 Å². The summed E-state index contributed by atoms with van der Waals surface area (Å²) in [5, 5.41) is 6.74. The summed E-state index contributed by atoms with van der Waals surface area (Å²) in [6.45, 7) is 0. The first-order valence-corrected chi connectivity index (χ1v) is 5.33. The van der Waals surface area contributed by atoms with Gasteiger partial charge in [-0.3, -0.25) is 4.68 Å². The summed E-state index contributed by atoms with van der Waals surface area (Å²) >= 11 is 0. The highest BCUT2D eigenvalue weighted by atomic mass is 19.1. The number of aromatic nitrogens is 2. The van der Waals surface area contributed by atoms with E-state index in [0.717, 1.165) is 0 Å².